The molecule has 0 spiro atoms. The Hall–Kier alpha value is -1.63. The molecule has 0 saturated carbocycles. The molecule has 1 rings (SSSR count). The lowest BCUT2D eigenvalue weighted by molar-refractivity contribution is -0.154. The van der Waals surface area contributed by atoms with Crippen molar-refractivity contribution < 1.29 is 23.1 Å². The molecule has 134 valence electrons. The molecule has 0 aliphatic heterocycles. The molecule has 7 heteroatoms. The van der Waals surface area contributed by atoms with Gasteiger partial charge in [0.15, 0.2) is 0 Å². The third-order valence-corrected chi connectivity index (χ3v) is 4.10. The van der Waals surface area contributed by atoms with Gasteiger partial charge in [0.2, 0.25) is 5.91 Å². The topological polar surface area (TPSA) is 55.4 Å². The van der Waals surface area contributed by atoms with E-state index < -0.39 is 34.4 Å². The fraction of sp³-hybridized carbons (Fsp3) is 0.529. The van der Waals surface area contributed by atoms with E-state index in [-0.39, 0.29) is 10.6 Å². The van der Waals surface area contributed by atoms with Crippen molar-refractivity contribution in [2.45, 2.75) is 63.2 Å². The summed E-state index contributed by atoms with van der Waals surface area (Å²) < 4.78 is 33.1. The molecule has 0 aliphatic rings. The maximum absolute atomic E-state index is 14.0. The lowest BCUT2D eigenvalue weighted by Gasteiger charge is -2.23. The zero-order chi connectivity index (χ0) is 18.5. The molecule has 1 aromatic carbocycles. The minimum atomic E-state index is -0.864. The highest BCUT2D eigenvalue weighted by molar-refractivity contribution is 8.00. The summed E-state index contributed by atoms with van der Waals surface area (Å²) in [6.07, 6.45) is 1.20. The van der Waals surface area contributed by atoms with Crippen molar-refractivity contribution >= 4 is 29.3 Å². The van der Waals surface area contributed by atoms with Crippen molar-refractivity contribution in [2.75, 3.05) is 5.32 Å². The summed E-state index contributed by atoms with van der Waals surface area (Å²) in [7, 11) is 0. The molecular formula is C17H23F2NO3S. The minimum absolute atomic E-state index is 0.0875. The zero-order valence-electron chi connectivity index (χ0n) is 14.5. The number of rotatable bonds is 6. The Morgan fingerprint density at radius 1 is 1.25 bits per heavy atom. The Morgan fingerprint density at radius 2 is 1.88 bits per heavy atom. The second-order valence-electron chi connectivity index (χ2n) is 6.37. The van der Waals surface area contributed by atoms with Crippen LogP contribution in [0.4, 0.5) is 14.5 Å². The van der Waals surface area contributed by atoms with E-state index in [1.807, 2.05) is 6.92 Å². The maximum Gasteiger partial charge on any atom is 0.319 e. The Kier molecular flexibility index (Phi) is 7.20. The number of ether oxygens (including phenoxy) is 1. The summed E-state index contributed by atoms with van der Waals surface area (Å²) >= 11 is 0.971. The largest absolute Gasteiger partial charge is 0.459 e. The van der Waals surface area contributed by atoms with Crippen LogP contribution < -0.4 is 5.32 Å². The second kappa shape index (κ2) is 8.46. The average molecular weight is 359 g/mol. The Bertz CT molecular complexity index is 615. The van der Waals surface area contributed by atoms with Crippen molar-refractivity contribution in [1.82, 2.24) is 0 Å². The molecule has 1 N–H and O–H groups in total. The summed E-state index contributed by atoms with van der Waals surface area (Å²) in [5.74, 6) is -2.56. The van der Waals surface area contributed by atoms with Gasteiger partial charge in [0.25, 0.3) is 0 Å². The smallest absolute Gasteiger partial charge is 0.319 e. The van der Waals surface area contributed by atoms with Crippen LogP contribution in [0.15, 0.2) is 17.0 Å². The average Bonchev–Trinajstić information content (AvgIpc) is 2.40. The van der Waals surface area contributed by atoms with E-state index in [4.69, 9.17) is 4.74 Å². The predicted octanol–water partition coefficient (Wildman–Crippen LogP) is 4.53. The summed E-state index contributed by atoms with van der Waals surface area (Å²) in [4.78, 5) is 23.5. The number of thioether (sulfide) groups is 1. The fourth-order valence-electron chi connectivity index (χ4n) is 1.91. The highest BCUT2D eigenvalue weighted by Crippen LogP contribution is 2.33. The van der Waals surface area contributed by atoms with Gasteiger partial charge in [0.05, 0.1) is 5.69 Å². The number of hydrogen-bond acceptors (Lipinski definition) is 4. The van der Waals surface area contributed by atoms with Gasteiger partial charge in [-0.25, -0.2) is 8.78 Å². The number of halogens is 2. The molecule has 0 aliphatic carbocycles. The van der Waals surface area contributed by atoms with Crippen LogP contribution >= 0.6 is 11.8 Å². The predicted molar refractivity (Wildman–Crippen MR) is 91.1 cm³/mol. The number of hydrogen-bond donors (Lipinski definition) is 1. The normalized spacial score (nSPS) is 12.6. The van der Waals surface area contributed by atoms with Crippen LogP contribution in [0.5, 0.6) is 0 Å². The number of benzene rings is 1. The third kappa shape index (κ3) is 6.47. The maximum atomic E-state index is 14.0. The van der Waals surface area contributed by atoms with Gasteiger partial charge < -0.3 is 10.1 Å². The molecule has 1 aromatic rings. The molecule has 0 fully saturated rings. The van der Waals surface area contributed by atoms with Crippen LogP contribution in [0.25, 0.3) is 0 Å². The monoisotopic (exact) mass is 359 g/mol. The van der Waals surface area contributed by atoms with E-state index in [0.29, 0.717) is 18.9 Å². The molecule has 1 amide bonds. The Balaban J connectivity index is 3.05. The lowest BCUT2D eigenvalue weighted by atomic mass is 10.2. The van der Waals surface area contributed by atoms with E-state index in [1.165, 1.54) is 13.0 Å². The highest BCUT2D eigenvalue weighted by Gasteiger charge is 2.27. The number of nitrogens with one attached hydrogen (secondary N) is 1. The van der Waals surface area contributed by atoms with E-state index in [0.717, 1.165) is 11.8 Å². The van der Waals surface area contributed by atoms with Gasteiger partial charge in [-0.15, -0.1) is 11.8 Å². The van der Waals surface area contributed by atoms with Crippen molar-refractivity contribution in [1.29, 1.82) is 0 Å². The molecular weight excluding hydrogens is 336 g/mol. The molecule has 0 heterocycles. The molecule has 4 nitrogen and oxygen atoms in total. The first-order valence-corrected chi connectivity index (χ1v) is 8.57. The summed E-state index contributed by atoms with van der Waals surface area (Å²) in [6.45, 7) is 8.40. The molecule has 0 aromatic heterocycles. The first-order valence-electron chi connectivity index (χ1n) is 7.69. The fourth-order valence-corrected chi connectivity index (χ4v) is 3.07. The van der Waals surface area contributed by atoms with Crippen LogP contribution in [-0.2, 0) is 14.3 Å². The van der Waals surface area contributed by atoms with Gasteiger partial charge in [-0.3, -0.25) is 9.59 Å². The zero-order valence-corrected chi connectivity index (χ0v) is 15.4. The molecule has 0 radical (unpaired) electrons. The number of anilines is 1. The van der Waals surface area contributed by atoms with Gasteiger partial charge >= 0.3 is 5.97 Å². The SMILES string of the molecule is CCCC(Sc1cc(NC(C)=O)c(F)cc1F)C(=O)OC(C)(C)C. The van der Waals surface area contributed by atoms with Gasteiger partial charge in [0, 0.05) is 17.9 Å². The molecule has 0 saturated heterocycles. The van der Waals surface area contributed by atoms with Gasteiger partial charge in [-0.2, -0.15) is 0 Å². The van der Waals surface area contributed by atoms with E-state index in [9.17, 15) is 18.4 Å². The van der Waals surface area contributed by atoms with Crippen molar-refractivity contribution in [3.05, 3.63) is 23.8 Å². The van der Waals surface area contributed by atoms with Crippen molar-refractivity contribution in [3.8, 4) is 0 Å². The molecule has 1 unspecified atom stereocenters. The van der Waals surface area contributed by atoms with Gasteiger partial charge in [-0.05, 0) is 33.3 Å². The number of esters is 1. The first kappa shape index (κ1) is 20.4. The minimum Gasteiger partial charge on any atom is -0.459 e. The van der Waals surface area contributed by atoms with Crippen LogP contribution in [-0.4, -0.2) is 22.7 Å². The van der Waals surface area contributed by atoms with Crippen LogP contribution in [0.1, 0.15) is 47.5 Å². The van der Waals surface area contributed by atoms with Crippen LogP contribution in [0.2, 0.25) is 0 Å². The third-order valence-electron chi connectivity index (χ3n) is 2.82. The molecule has 0 bridgehead atoms. The van der Waals surface area contributed by atoms with Gasteiger partial charge in [-0.1, -0.05) is 13.3 Å². The quantitative estimate of drug-likeness (QED) is 0.599. The molecule has 24 heavy (non-hydrogen) atoms. The Labute approximate surface area is 145 Å². The van der Waals surface area contributed by atoms with E-state index in [1.54, 1.807) is 20.8 Å². The Morgan fingerprint density at radius 3 is 2.38 bits per heavy atom. The van der Waals surface area contributed by atoms with Crippen molar-refractivity contribution in [3.63, 3.8) is 0 Å². The molecule has 1 atom stereocenters. The number of amides is 1. The van der Waals surface area contributed by atoms with Crippen molar-refractivity contribution in [2.24, 2.45) is 0 Å². The second-order valence-corrected chi connectivity index (χ2v) is 7.62. The summed E-state index contributed by atoms with van der Waals surface area (Å²) in [5, 5.41) is 1.69. The number of carbonyl (C=O) groups is 2. The standard InChI is InChI=1S/C17H23F2NO3S/c1-6-7-14(16(22)23-17(3,4)5)24-15-9-13(20-10(2)21)11(18)8-12(15)19/h8-9,14H,6-7H2,1-5H3,(H,20,21). The van der Waals surface area contributed by atoms with E-state index >= 15 is 0 Å². The van der Waals surface area contributed by atoms with Crippen LogP contribution in [0, 0.1) is 11.6 Å². The van der Waals surface area contributed by atoms with Crippen LogP contribution in [0.3, 0.4) is 0 Å². The van der Waals surface area contributed by atoms with E-state index in [2.05, 4.69) is 5.32 Å². The lowest BCUT2D eigenvalue weighted by Crippen LogP contribution is -2.30. The highest BCUT2D eigenvalue weighted by atomic mass is 32.2. The first-order chi connectivity index (χ1) is 11.0. The summed E-state index contributed by atoms with van der Waals surface area (Å²) in [5.41, 5.74) is -0.766. The number of carbonyl (C=O) groups excluding carboxylic acids is 2. The summed E-state index contributed by atoms with van der Waals surface area (Å²) in [6, 6.07) is 1.90. The van der Waals surface area contributed by atoms with Gasteiger partial charge in [0.1, 0.15) is 22.5 Å².